The summed E-state index contributed by atoms with van der Waals surface area (Å²) in [4.78, 5) is 33.8. The van der Waals surface area contributed by atoms with Gasteiger partial charge in [-0.15, -0.1) is 0 Å². The average molecular weight is 343 g/mol. The van der Waals surface area contributed by atoms with E-state index in [-0.39, 0.29) is 11.0 Å². The Labute approximate surface area is 145 Å². The van der Waals surface area contributed by atoms with Gasteiger partial charge >= 0.3 is 6.03 Å². The molecule has 0 radical (unpaired) electrons. The Balaban J connectivity index is 2.28. The van der Waals surface area contributed by atoms with Gasteiger partial charge in [0, 0.05) is 24.5 Å². The molecule has 0 bridgehead atoms. The highest BCUT2D eigenvalue weighted by Crippen LogP contribution is 2.43. The van der Waals surface area contributed by atoms with Crippen molar-refractivity contribution in [1.82, 2.24) is 24.6 Å². The maximum absolute atomic E-state index is 12.3. The van der Waals surface area contributed by atoms with Crippen LogP contribution in [-0.4, -0.2) is 43.1 Å². The van der Waals surface area contributed by atoms with Crippen LogP contribution in [0.2, 0.25) is 0 Å². The molecule has 1 aliphatic rings. The molecule has 1 unspecified atom stereocenters. The number of primary amides is 2. The fourth-order valence-electron chi connectivity index (χ4n) is 3.38. The highest BCUT2D eigenvalue weighted by molar-refractivity contribution is 6.00. The van der Waals surface area contributed by atoms with Crippen molar-refractivity contribution in [2.75, 3.05) is 6.54 Å². The molecule has 2 aromatic rings. The summed E-state index contributed by atoms with van der Waals surface area (Å²) in [5.74, 6) is -0.610. The SMILES string of the molecule is CC(C)(C)C1c2c(C(N)=O)c(-c3cncnc3)nn2CCN1C(N)=O. The molecule has 0 aliphatic carbocycles. The van der Waals surface area contributed by atoms with Crippen LogP contribution in [0.3, 0.4) is 0 Å². The zero-order valence-electron chi connectivity index (χ0n) is 14.4. The number of nitrogens with zero attached hydrogens (tertiary/aromatic N) is 5. The van der Waals surface area contributed by atoms with E-state index in [4.69, 9.17) is 11.5 Å². The Morgan fingerprint density at radius 2 is 1.80 bits per heavy atom. The van der Waals surface area contributed by atoms with Gasteiger partial charge in [-0.05, 0) is 5.41 Å². The van der Waals surface area contributed by atoms with Crippen molar-refractivity contribution in [3.8, 4) is 11.3 Å². The van der Waals surface area contributed by atoms with Gasteiger partial charge in [-0.1, -0.05) is 20.8 Å². The van der Waals surface area contributed by atoms with Crippen molar-refractivity contribution in [3.63, 3.8) is 0 Å². The van der Waals surface area contributed by atoms with Gasteiger partial charge in [-0.25, -0.2) is 14.8 Å². The molecule has 3 rings (SSSR count). The van der Waals surface area contributed by atoms with E-state index in [1.165, 1.54) is 6.33 Å². The minimum Gasteiger partial charge on any atom is -0.365 e. The van der Waals surface area contributed by atoms with E-state index in [1.54, 1.807) is 22.0 Å². The van der Waals surface area contributed by atoms with Gasteiger partial charge < -0.3 is 16.4 Å². The number of rotatable bonds is 2. The lowest BCUT2D eigenvalue weighted by molar-refractivity contribution is 0.0899. The molecule has 0 aromatic carbocycles. The molecule has 9 heteroatoms. The second-order valence-corrected chi connectivity index (χ2v) is 7.12. The van der Waals surface area contributed by atoms with Crippen LogP contribution in [-0.2, 0) is 6.54 Å². The van der Waals surface area contributed by atoms with Crippen molar-refractivity contribution >= 4 is 11.9 Å². The summed E-state index contributed by atoms with van der Waals surface area (Å²) in [7, 11) is 0. The number of hydrogen-bond donors (Lipinski definition) is 2. The lowest BCUT2D eigenvalue weighted by Gasteiger charge is -2.42. The van der Waals surface area contributed by atoms with Gasteiger partial charge in [0.05, 0.1) is 23.8 Å². The van der Waals surface area contributed by atoms with Crippen LogP contribution in [0, 0.1) is 5.41 Å². The Morgan fingerprint density at radius 1 is 1.16 bits per heavy atom. The maximum Gasteiger partial charge on any atom is 0.315 e. The van der Waals surface area contributed by atoms with Gasteiger partial charge in [0.25, 0.3) is 5.91 Å². The first kappa shape index (κ1) is 16.9. The monoisotopic (exact) mass is 343 g/mol. The van der Waals surface area contributed by atoms with E-state index in [2.05, 4.69) is 15.1 Å². The first-order valence-electron chi connectivity index (χ1n) is 7.93. The number of carbonyl (C=O) groups excluding carboxylic acids is 2. The number of amides is 3. The minimum atomic E-state index is -0.610. The minimum absolute atomic E-state index is 0.278. The number of nitrogens with two attached hydrogens (primary N) is 2. The van der Waals surface area contributed by atoms with Gasteiger partial charge in [0.15, 0.2) is 0 Å². The van der Waals surface area contributed by atoms with Crippen LogP contribution < -0.4 is 11.5 Å². The Kier molecular flexibility index (Phi) is 3.94. The number of urea groups is 1. The van der Waals surface area contributed by atoms with E-state index in [0.29, 0.717) is 30.0 Å². The lowest BCUT2D eigenvalue weighted by Crippen LogP contribution is -2.49. The highest BCUT2D eigenvalue weighted by Gasteiger charge is 2.42. The number of aromatic nitrogens is 4. The summed E-state index contributed by atoms with van der Waals surface area (Å²) in [6, 6.07) is -0.959. The molecule has 132 valence electrons. The van der Waals surface area contributed by atoms with Crippen LogP contribution in [0.5, 0.6) is 0 Å². The van der Waals surface area contributed by atoms with Gasteiger partial charge in [0.2, 0.25) is 0 Å². The van der Waals surface area contributed by atoms with Crippen molar-refractivity contribution in [2.45, 2.75) is 33.4 Å². The molecular weight excluding hydrogens is 322 g/mol. The Morgan fingerprint density at radius 3 is 2.32 bits per heavy atom. The molecule has 2 aromatic heterocycles. The van der Waals surface area contributed by atoms with Gasteiger partial charge in [0.1, 0.15) is 12.0 Å². The first-order valence-corrected chi connectivity index (χ1v) is 7.93. The molecule has 3 heterocycles. The second-order valence-electron chi connectivity index (χ2n) is 7.12. The van der Waals surface area contributed by atoms with Crippen molar-refractivity contribution in [1.29, 1.82) is 0 Å². The summed E-state index contributed by atoms with van der Waals surface area (Å²) in [5, 5.41) is 4.56. The molecule has 1 atom stereocenters. The molecule has 0 saturated carbocycles. The molecule has 1 aliphatic heterocycles. The van der Waals surface area contributed by atoms with Crippen LogP contribution in [0.1, 0.15) is 42.9 Å². The molecule has 0 fully saturated rings. The zero-order valence-corrected chi connectivity index (χ0v) is 14.4. The van der Waals surface area contributed by atoms with Gasteiger partial charge in [-0.2, -0.15) is 5.10 Å². The summed E-state index contributed by atoms with van der Waals surface area (Å²) in [6.07, 6.45) is 4.55. The summed E-state index contributed by atoms with van der Waals surface area (Å²) in [5.41, 5.74) is 12.8. The van der Waals surface area contributed by atoms with Crippen LogP contribution in [0.15, 0.2) is 18.7 Å². The Hall–Kier alpha value is -2.97. The second kappa shape index (κ2) is 5.83. The topological polar surface area (TPSA) is 133 Å². The van der Waals surface area contributed by atoms with Crippen molar-refractivity contribution in [3.05, 3.63) is 30.0 Å². The highest BCUT2D eigenvalue weighted by atomic mass is 16.2. The first-order chi connectivity index (χ1) is 11.7. The van der Waals surface area contributed by atoms with Gasteiger partial charge in [-0.3, -0.25) is 9.48 Å². The zero-order chi connectivity index (χ0) is 18.4. The fraction of sp³-hybridized carbons (Fsp3) is 0.438. The summed E-state index contributed by atoms with van der Waals surface area (Å²) >= 11 is 0. The molecular formula is C16H21N7O2. The van der Waals surface area contributed by atoms with Crippen LogP contribution in [0.25, 0.3) is 11.3 Å². The number of hydrogen-bond acceptors (Lipinski definition) is 5. The Bertz CT molecular complexity index is 823. The third-order valence-electron chi connectivity index (χ3n) is 4.30. The third kappa shape index (κ3) is 2.81. The molecule has 0 spiro atoms. The van der Waals surface area contributed by atoms with Crippen molar-refractivity contribution < 1.29 is 9.59 Å². The van der Waals surface area contributed by atoms with E-state index in [9.17, 15) is 9.59 Å². The summed E-state index contributed by atoms with van der Waals surface area (Å²) < 4.78 is 1.73. The third-order valence-corrected chi connectivity index (χ3v) is 4.30. The number of fused-ring (bicyclic) bond motifs is 1. The lowest BCUT2D eigenvalue weighted by atomic mass is 9.81. The normalized spacial score (nSPS) is 17.2. The number of carbonyl (C=O) groups is 2. The van der Waals surface area contributed by atoms with Crippen LogP contribution in [0.4, 0.5) is 4.79 Å². The molecule has 0 saturated heterocycles. The fourth-order valence-corrected chi connectivity index (χ4v) is 3.38. The molecule has 25 heavy (non-hydrogen) atoms. The van der Waals surface area contributed by atoms with E-state index >= 15 is 0 Å². The summed E-state index contributed by atoms with van der Waals surface area (Å²) in [6.45, 7) is 6.78. The maximum atomic E-state index is 12.3. The van der Waals surface area contributed by atoms with E-state index in [1.807, 2.05) is 20.8 Å². The van der Waals surface area contributed by atoms with E-state index in [0.717, 1.165) is 0 Å². The van der Waals surface area contributed by atoms with E-state index < -0.39 is 18.0 Å². The molecule has 9 nitrogen and oxygen atoms in total. The predicted octanol–water partition coefficient (Wildman–Crippen LogP) is 0.921. The van der Waals surface area contributed by atoms with Crippen LogP contribution >= 0.6 is 0 Å². The van der Waals surface area contributed by atoms with Crippen molar-refractivity contribution in [2.24, 2.45) is 16.9 Å². The largest absolute Gasteiger partial charge is 0.365 e. The predicted molar refractivity (Wildman–Crippen MR) is 90.3 cm³/mol. The molecule has 4 N–H and O–H groups in total. The molecule has 3 amide bonds. The smallest absolute Gasteiger partial charge is 0.315 e. The standard InChI is InChI=1S/C16H21N7O2/c1-16(2,3)13-12-10(14(17)24)11(9-6-19-8-20-7-9)21-23(12)5-4-22(13)15(18)25/h6-8,13H,4-5H2,1-3H3,(H2,17,24)(H2,18,25). The average Bonchev–Trinajstić information content (AvgIpc) is 2.93. The quantitative estimate of drug-likeness (QED) is 0.836.